The molecule has 0 aromatic heterocycles. The predicted molar refractivity (Wildman–Crippen MR) is 85.6 cm³/mol. The van der Waals surface area contributed by atoms with Gasteiger partial charge in [-0.25, -0.2) is 4.79 Å². The monoisotopic (exact) mass is 300 g/mol. The number of aliphatic hydroxyl groups excluding tert-OH is 1. The first-order valence-electron chi connectivity index (χ1n) is 8.27. The van der Waals surface area contributed by atoms with Crippen molar-refractivity contribution in [3.05, 3.63) is 47.2 Å². The zero-order valence-corrected chi connectivity index (χ0v) is 13.3. The number of benzene rings is 1. The summed E-state index contributed by atoms with van der Waals surface area (Å²) in [5, 5.41) is 10.7. The maximum Gasteiger partial charge on any atom is 0.338 e. The molecule has 22 heavy (non-hydrogen) atoms. The second-order valence-corrected chi connectivity index (χ2v) is 6.69. The molecule has 1 saturated carbocycles. The standard InChI is InChI=1S/C19H24O3/c1-13(15-9-5-3-6-10-15)14(2)16-17(20)19(22-18(16)21)11-7-4-8-12-19/h3,5-6,9-10,13-14,20H,4,7-8,11-12H2,1-2H3/t13-,14-/m1/s1. The lowest BCUT2D eigenvalue weighted by atomic mass is 9.79. The molecule has 0 unspecified atom stereocenters. The maximum atomic E-state index is 12.4. The summed E-state index contributed by atoms with van der Waals surface area (Å²) in [4.78, 5) is 12.4. The van der Waals surface area contributed by atoms with Crippen LogP contribution in [0.2, 0.25) is 0 Å². The van der Waals surface area contributed by atoms with Gasteiger partial charge in [-0.05, 0) is 43.1 Å². The van der Waals surface area contributed by atoms with Gasteiger partial charge >= 0.3 is 5.97 Å². The zero-order valence-electron chi connectivity index (χ0n) is 13.3. The quantitative estimate of drug-likeness (QED) is 0.836. The van der Waals surface area contributed by atoms with Gasteiger partial charge in [-0.3, -0.25) is 0 Å². The SMILES string of the molecule is C[C@@H](C1=C(O)C2(CCCCC2)OC1=O)[C@@H](C)c1ccccc1. The van der Waals surface area contributed by atoms with Gasteiger partial charge in [0.05, 0.1) is 5.57 Å². The van der Waals surface area contributed by atoms with E-state index in [-0.39, 0.29) is 23.6 Å². The molecule has 1 N–H and O–H groups in total. The second-order valence-electron chi connectivity index (χ2n) is 6.69. The molecular formula is C19H24O3. The molecule has 1 aliphatic heterocycles. The van der Waals surface area contributed by atoms with E-state index >= 15 is 0 Å². The molecule has 2 atom stereocenters. The predicted octanol–water partition coefficient (Wildman–Crippen LogP) is 4.50. The highest BCUT2D eigenvalue weighted by molar-refractivity contribution is 5.93. The Kier molecular flexibility index (Phi) is 3.98. The number of hydrogen-bond donors (Lipinski definition) is 1. The number of esters is 1. The van der Waals surface area contributed by atoms with Gasteiger partial charge < -0.3 is 9.84 Å². The summed E-state index contributed by atoms with van der Waals surface area (Å²) in [6.45, 7) is 4.10. The Hall–Kier alpha value is -1.77. The maximum absolute atomic E-state index is 12.4. The van der Waals surface area contributed by atoms with Crippen LogP contribution in [0.1, 0.15) is 57.4 Å². The molecular weight excluding hydrogens is 276 g/mol. The fraction of sp³-hybridized carbons (Fsp3) is 0.526. The lowest BCUT2D eigenvalue weighted by Crippen LogP contribution is -2.34. The summed E-state index contributed by atoms with van der Waals surface area (Å²) in [5.41, 5.74) is 0.931. The van der Waals surface area contributed by atoms with Crippen molar-refractivity contribution >= 4 is 5.97 Å². The van der Waals surface area contributed by atoms with E-state index in [0.29, 0.717) is 5.57 Å². The smallest absolute Gasteiger partial charge is 0.338 e. The summed E-state index contributed by atoms with van der Waals surface area (Å²) in [6.07, 6.45) is 4.67. The van der Waals surface area contributed by atoms with Gasteiger partial charge in [0.1, 0.15) is 5.76 Å². The van der Waals surface area contributed by atoms with Crippen molar-refractivity contribution in [1.29, 1.82) is 0 Å². The fourth-order valence-corrected chi connectivity index (χ4v) is 3.78. The fourth-order valence-electron chi connectivity index (χ4n) is 3.78. The number of hydrogen-bond acceptors (Lipinski definition) is 3. The van der Waals surface area contributed by atoms with Gasteiger partial charge in [0.25, 0.3) is 0 Å². The summed E-state index contributed by atoms with van der Waals surface area (Å²) in [7, 11) is 0. The molecule has 3 heteroatoms. The molecule has 1 spiro atoms. The average molecular weight is 300 g/mol. The molecule has 118 valence electrons. The molecule has 1 aromatic carbocycles. The van der Waals surface area contributed by atoms with Crippen molar-refractivity contribution in [2.24, 2.45) is 5.92 Å². The number of aliphatic hydroxyl groups is 1. The van der Waals surface area contributed by atoms with Crippen molar-refractivity contribution in [3.63, 3.8) is 0 Å². The second kappa shape index (κ2) is 5.79. The number of rotatable bonds is 3. The first kappa shape index (κ1) is 15.1. The Morgan fingerprint density at radius 1 is 1.05 bits per heavy atom. The van der Waals surface area contributed by atoms with Crippen LogP contribution in [0.3, 0.4) is 0 Å². The van der Waals surface area contributed by atoms with Gasteiger partial charge in [-0.15, -0.1) is 0 Å². The van der Waals surface area contributed by atoms with Crippen LogP contribution in [0.4, 0.5) is 0 Å². The van der Waals surface area contributed by atoms with Gasteiger partial charge in [-0.1, -0.05) is 50.6 Å². The number of carbonyl (C=O) groups excluding carboxylic acids is 1. The lowest BCUT2D eigenvalue weighted by molar-refractivity contribution is -0.151. The van der Waals surface area contributed by atoms with Gasteiger partial charge in [0.2, 0.25) is 0 Å². The van der Waals surface area contributed by atoms with E-state index in [0.717, 1.165) is 32.1 Å². The molecule has 0 amide bonds. The van der Waals surface area contributed by atoms with Crippen molar-refractivity contribution in [3.8, 4) is 0 Å². The summed E-state index contributed by atoms with van der Waals surface area (Å²) < 4.78 is 5.66. The van der Waals surface area contributed by atoms with Gasteiger partial charge in [0.15, 0.2) is 5.60 Å². The molecule has 3 rings (SSSR count). The molecule has 3 nitrogen and oxygen atoms in total. The van der Waals surface area contributed by atoms with Crippen molar-refractivity contribution in [2.75, 3.05) is 0 Å². The molecule has 1 aliphatic carbocycles. The Bertz CT molecular complexity index is 582. The van der Waals surface area contributed by atoms with Crippen LogP contribution in [0.25, 0.3) is 0 Å². The Morgan fingerprint density at radius 3 is 2.32 bits per heavy atom. The highest BCUT2D eigenvalue weighted by atomic mass is 16.6. The van der Waals surface area contributed by atoms with Gasteiger partial charge in [0, 0.05) is 0 Å². The molecule has 0 radical (unpaired) electrons. The third-order valence-corrected chi connectivity index (χ3v) is 5.39. The topological polar surface area (TPSA) is 46.5 Å². The van der Waals surface area contributed by atoms with Crippen molar-refractivity contribution in [2.45, 2.75) is 57.5 Å². The molecule has 0 saturated heterocycles. The van der Waals surface area contributed by atoms with Crippen LogP contribution in [0.15, 0.2) is 41.7 Å². The first-order valence-corrected chi connectivity index (χ1v) is 8.27. The summed E-state index contributed by atoms with van der Waals surface area (Å²) in [6, 6.07) is 10.1. The minimum atomic E-state index is -0.727. The number of ether oxygens (including phenoxy) is 1. The minimum absolute atomic E-state index is 0.0591. The van der Waals surface area contributed by atoms with E-state index in [1.54, 1.807) is 0 Å². The van der Waals surface area contributed by atoms with Crippen LogP contribution >= 0.6 is 0 Å². The molecule has 1 fully saturated rings. The molecule has 0 bridgehead atoms. The van der Waals surface area contributed by atoms with Crippen molar-refractivity contribution < 1.29 is 14.6 Å². The Balaban J connectivity index is 1.90. The molecule has 2 aliphatic rings. The third-order valence-electron chi connectivity index (χ3n) is 5.39. The van der Waals surface area contributed by atoms with E-state index in [1.165, 1.54) is 5.56 Å². The highest BCUT2D eigenvalue weighted by Crippen LogP contribution is 2.46. The Labute approximate surface area is 132 Å². The average Bonchev–Trinajstić information content (AvgIpc) is 2.78. The lowest BCUT2D eigenvalue weighted by Gasteiger charge is -2.31. The van der Waals surface area contributed by atoms with Crippen molar-refractivity contribution in [1.82, 2.24) is 0 Å². The zero-order chi connectivity index (χ0) is 15.7. The summed E-state index contributed by atoms with van der Waals surface area (Å²) >= 11 is 0. The van der Waals surface area contributed by atoms with Crippen LogP contribution in [0.5, 0.6) is 0 Å². The van der Waals surface area contributed by atoms with Crippen LogP contribution in [0, 0.1) is 5.92 Å². The highest BCUT2D eigenvalue weighted by Gasteiger charge is 2.50. The van der Waals surface area contributed by atoms with E-state index in [4.69, 9.17) is 4.74 Å². The number of carbonyl (C=O) groups is 1. The Morgan fingerprint density at radius 2 is 1.68 bits per heavy atom. The molecule has 1 aromatic rings. The van der Waals surface area contributed by atoms with E-state index in [1.807, 2.05) is 25.1 Å². The van der Waals surface area contributed by atoms with Crippen LogP contribution < -0.4 is 0 Å². The van der Waals surface area contributed by atoms with Crippen LogP contribution in [-0.4, -0.2) is 16.7 Å². The van der Waals surface area contributed by atoms with Gasteiger partial charge in [-0.2, -0.15) is 0 Å². The largest absolute Gasteiger partial charge is 0.507 e. The van der Waals surface area contributed by atoms with E-state index < -0.39 is 5.60 Å². The minimum Gasteiger partial charge on any atom is -0.507 e. The normalized spacial score (nSPS) is 23.5. The van der Waals surface area contributed by atoms with E-state index in [9.17, 15) is 9.90 Å². The van der Waals surface area contributed by atoms with E-state index in [2.05, 4.69) is 19.1 Å². The summed E-state index contributed by atoms with van der Waals surface area (Å²) in [5.74, 6) is -0.0250. The first-order chi connectivity index (χ1) is 10.6. The molecule has 1 heterocycles. The van der Waals surface area contributed by atoms with Crippen LogP contribution in [-0.2, 0) is 9.53 Å². The third kappa shape index (κ3) is 2.43.